The van der Waals surface area contributed by atoms with Crippen molar-refractivity contribution in [1.29, 1.82) is 5.26 Å². The summed E-state index contributed by atoms with van der Waals surface area (Å²) in [5.74, 6) is 0.987. The van der Waals surface area contributed by atoms with E-state index in [0.29, 0.717) is 23.4 Å². The molecule has 2 rings (SSSR count). The zero-order chi connectivity index (χ0) is 11.5. The molecule has 0 bridgehead atoms. The molecule has 2 unspecified atom stereocenters. The number of nitrogen functional groups attached to an aromatic ring is 1. The van der Waals surface area contributed by atoms with Crippen LogP contribution in [0.3, 0.4) is 0 Å². The lowest BCUT2D eigenvalue weighted by Crippen LogP contribution is -2.34. The van der Waals surface area contributed by atoms with Gasteiger partial charge in [-0.05, 0) is 36.8 Å². The third-order valence-electron chi connectivity index (χ3n) is 3.26. The zero-order valence-electron chi connectivity index (χ0n) is 9.31. The minimum atomic E-state index is 0.334. The predicted molar refractivity (Wildman–Crippen MR) is 60.6 cm³/mol. The topological polar surface area (TPSA) is 71.9 Å². The molecule has 1 aliphatic carbocycles. The van der Waals surface area contributed by atoms with Crippen LogP contribution in [0.4, 0.5) is 5.82 Å². The first-order chi connectivity index (χ1) is 7.74. The molecule has 0 aliphatic heterocycles. The highest BCUT2D eigenvalue weighted by Gasteiger charge is 2.31. The number of aromatic nitrogens is 1. The molecule has 1 aromatic heterocycles. The number of methoxy groups -OCH3 is 1. The van der Waals surface area contributed by atoms with Gasteiger partial charge in [-0.15, -0.1) is 0 Å². The molecule has 2 atom stereocenters. The van der Waals surface area contributed by atoms with Crippen molar-refractivity contribution < 1.29 is 4.74 Å². The third kappa shape index (κ3) is 2.00. The number of rotatable bonds is 3. The fraction of sp³-hybridized carbons (Fsp3) is 0.500. The van der Waals surface area contributed by atoms with Crippen molar-refractivity contribution >= 4 is 5.82 Å². The quantitative estimate of drug-likeness (QED) is 0.832. The number of pyridine rings is 1. The Kier molecular flexibility index (Phi) is 3.07. The number of nitrogens with zero attached hydrogens (tertiary/aromatic N) is 2. The van der Waals surface area contributed by atoms with Crippen LogP contribution in [0.5, 0.6) is 0 Å². The van der Waals surface area contributed by atoms with Crippen LogP contribution in [0.15, 0.2) is 12.3 Å². The summed E-state index contributed by atoms with van der Waals surface area (Å²) in [6, 6.07) is 3.95. The average Bonchev–Trinajstić information content (AvgIpc) is 2.25. The predicted octanol–water partition coefficient (Wildman–Crippen LogP) is 1.50. The van der Waals surface area contributed by atoms with Crippen molar-refractivity contribution in [2.75, 3.05) is 12.8 Å². The van der Waals surface area contributed by atoms with Crippen LogP contribution in [0, 0.1) is 17.2 Å². The van der Waals surface area contributed by atoms with Crippen molar-refractivity contribution in [2.45, 2.75) is 25.4 Å². The molecule has 4 nitrogen and oxygen atoms in total. The SMILES string of the molecule is COC1CCC1Cc1cc(N)ncc1C#N. The van der Waals surface area contributed by atoms with Crippen molar-refractivity contribution in [3.63, 3.8) is 0 Å². The van der Waals surface area contributed by atoms with Gasteiger partial charge in [-0.25, -0.2) is 4.98 Å². The van der Waals surface area contributed by atoms with Crippen LogP contribution < -0.4 is 5.73 Å². The van der Waals surface area contributed by atoms with Gasteiger partial charge >= 0.3 is 0 Å². The monoisotopic (exact) mass is 217 g/mol. The third-order valence-corrected chi connectivity index (χ3v) is 3.26. The van der Waals surface area contributed by atoms with E-state index >= 15 is 0 Å². The molecule has 0 aromatic carbocycles. The summed E-state index contributed by atoms with van der Waals surface area (Å²) in [4.78, 5) is 3.92. The van der Waals surface area contributed by atoms with Crippen LogP contribution >= 0.6 is 0 Å². The number of hydrogen-bond donors (Lipinski definition) is 1. The maximum Gasteiger partial charge on any atom is 0.123 e. The Balaban J connectivity index is 2.14. The molecule has 1 saturated carbocycles. The van der Waals surface area contributed by atoms with E-state index in [4.69, 9.17) is 15.7 Å². The van der Waals surface area contributed by atoms with Gasteiger partial charge in [-0.1, -0.05) is 0 Å². The standard InChI is InChI=1S/C12H15N3O/c1-16-11-3-2-8(11)4-9-5-12(14)15-7-10(9)6-13/h5,7-8,11H,2-4H2,1H3,(H2,14,15). The van der Waals surface area contributed by atoms with Crippen molar-refractivity contribution in [3.05, 3.63) is 23.4 Å². The lowest BCUT2D eigenvalue weighted by atomic mass is 9.77. The summed E-state index contributed by atoms with van der Waals surface area (Å²) in [5.41, 5.74) is 7.24. The van der Waals surface area contributed by atoms with Crippen molar-refractivity contribution in [2.24, 2.45) is 5.92 Å². The van der Waals surface area contributed by atoms with Gasteiger partial charge in [0, 0.05) is 13.3 Å². The zero-order valence-corrected chi connectivity index (χ0v) is 9.31. The molecule has 0 radical (unpaired) electrons. The maximum absolute atomic E-state index is 8.97. The minimum Gasteiger partial charge on any atom is -0.384 e. The summed E-state index contributed by atoms with van der Waals surface area (Å²) in [5, 5.41) is 8.97. The molecule has 2 N–H and O–H groups in total. The van der Waals surface area contributed by atoms with Gasteiger partial charge < -0.3 is 10.5 Å². The van der Waals surface area contributed by atoms with E-state index < -0.39 is 0 Å². The van der Waals surface area contributed by atoms with E-state index in [9.17, 15) is 0 Å². The molecule has 1 aromatic rings. The molecule has 0 spiro atoms. The van der Waals surface area contributed by atoms with E-state index in [-0.39, 0.29) is 0 Å². The summed E-state index contributed by atoms with van der Waals surface area (Å²) in [6.07, 6.45) is 5.01. The van der Waals surface area contributed by atoms with Crippen molar-refractivity contribution in [1.82, 2.24) is 4.98 Å². The second-order valence-corrected chi connectivity index (χ2v) is 4.19. The van der Waals surface area contributed by atoms with E-state index in [2.05, 4.69) is 11.1 Å². The number of nitrogens with two attached hydrogens (primary N) is 1. The van der Waals surface area contributed by atoms with E-state index in [0.717, 1.165) is 24.8 Å². The lowest BCUT2D eigenvalue weighted by molar-refractivity contribution is -0.0157. The Morgan fingerprint density at radius 3 is 3.00 bits per heavy atom. The first-order valence-electron chi connectivity index (χ1n) is 5.42. The highest BCUT2D eigenvalue weighted by molar-refractivity contribution is 5.43. The van der Waals surface area contributed by atoms with Gasteiger partial charge in [-0.2, -0.15) is 5.26 Å². The largest absolute Gasteiger partial charge is 0.384 e. The Labute approximate surface area is 95.0 Å². The molecule has 4 heteroatoms. The van der Waals surface area contributed by atoms with Crippen LogP contribution in [0.1, 0.15) is 24.0 Å². The molecular weight excluding hydrogens is 202 g/mol. The van der Waals surface area contributed by atoms with Crippen LogP contribution in [0.25, 0.3) is 0 Å². The highest BCUT2D eigenvalue weighted by Crippen LogP contribution is 2.33. The lowest BCUT2D eigenvalue weighted by Gasteiger charge is -2.35. The second kappa shape index (κ2) is 4.50. The second-order valence-electron chi connectivity index (χ2n) is 4.19. The maximum atomic E-state index is 8.97. The van der Waals surface area contributed by atoms with Gasteiger partial charge in [0.05, 0.1) is 11.7 Å². The Morgan fingerprint density at radius 2 is 2.44 bits per heavy atom. The molecule has 16 heavy (non-hydrogen) atoms. The molecule has 0 saturated heterocycles. The smallest absolute Gasteiger partial charge is 0.123 e. The van der Waals surface area contributed by atoms with Crippen LogP contribution in [-0.4, -0.2) is 18.2 Å². The normalized spacial score (nSPS) is 23.5. The number of hydrogen-bond acceptors (Lipinski definition) is 4. The van der Waals surface area contributed by atoms with Crippen LogP contribution in [0.2, 0.25) is 0 Å². The van der Waals surface area contributed by atoms with Gasteiger partial charge in [0.15, 0.2) is 0 Å². The molecule has 1 fully saturated rings. The molecule has 0 amide bonds. The van der Waals surface area contributed by atoms with E-state index in [1.54, 1.807) is 19.4 Å². The van der Waals surface area contributed by atoms with Gasteiger partial charge in [0.2, 0.25) is 0 Å². The Bertz CT molecular complexity index is 423. The van der Waals surface area contributed by atoms with Gasteiger partial charge in [0.25, 0.3) is 0 Å². The summed E-state index contributed by atoms with van der Waals surface area (Å²) in [7, 11) is 1.74. The number of ether oxygens (including phenoxy) is 1. The number of anilines is 1. The Morgan fingerprint density at radius 1 is 1.62 bits per heavy atom. The van der Waals surface area contributed by atoms with Gasteiger partial charge in [0.1, 0.15) is 11.9 Å². The summed E-state index contributed by atoms with van der Waals surface area (Å²) < 4.78 is 5.34. The van der Waals surface area contributed by atoms with E-state index in [1.807, 2.05) is 0 Å². The van der Waals surface area contributed by atoms with E-state index in [1.165, 1.54) is 0 Å². The Hall–Kier alpha value is -1.60. The highest BCUT2D eigenvalue weighted by atomic mass is 16.5. The minimum absolute atomic E-state index is 0.334. The number of nitriles is 1. The summed E-state index contributed by atoms with van der Waals surface area (Å²) >= 11 is 0. The average molecular weight is 217 g/mol. The molecule has 84 valence electrons. The molecule has 1 aliphatic rings. The summed E-state index contributed by atoms with van der Waals surface area (Å²) in [6.45, 7) is 0. The first kappa shape index (κ1) is 10.9. The van der Waals surface area contributed by atoms with Crippen molar-refractivity contribution in [3.8, 4) is 6.07 Å². The molecular formula is C12H15N3O. The van der Waals surface area contributed by atoms with Gasteiger partial charge in [-0.3, -0.25) is 0 Å². The first-order valence-corrected chi connectivity index (χ1v) is 5.42. The van der Waals surface area contributed by atoms with Crippen LogP contribution in [-0.2, 0) is 11.2 Å². The fourth-order valence-electron chi connectivity index (χ4n) is 2.15. The molecule has 1 heterocycles. The fourth-order valence-corrected chi connectivity index (χ4v) is 2.15.